The Morgan fingerprint density at radius 1 is 1.50 bits per heavy atom. The molecule has 80 valence electrons. The van der Waals surface area contributed by atoms with Gasteiger partial charge in [0.25, 0.3) is 0 Å². The van der Waals surface area contributed by atoms with Gasteiger partial charge in [0, 0.05) is 19.3 Å². The zero-order valence-electron chi connectivity index (χ0n) is 9.59. The van der Waals surface area contributed by atoms with E-state index in [0.29, 0.717) is 0 Å². The van der Waals surface area contributed by atoms with E-state index in [-0.39, 0.29) is 0 Å². The first-order valence-electron chi connectivity index (χ1n) is 4.74. The molecule has 0 aliphatic carbocycles. The molecule has 0 atom stereocenters. The van der Waals surface area contributed by atoms with Gasteiger partial charge in [0.15, 0.2) is 5.82 Å². The maximum Gasteiger partial charge on any atom is 0.213 e. The highest BCUT2D eigenvalue weighted by molar-refractivity contribution is 6.76. The second-order valence-corrected chi connectivity index (χ2v) is 10.1. The standard InChI is InChI=1S/C9H19N3OSi/c1-12-9(13-2)6-8(11-12)10-7-14(3,4)5/h6H,7H2,1-5H3,(H,10,11). The summed E-state index contributed by atoms with van der Waals surface area (Å²) in [5.41, 5.74) is 0. The van der Waals surface area contributed by atoms with Crippen molar-refractivity contribution in [3.05, 3.63) is 6.07 Å². The summed E-state index contributed by atoms with van der Waals surface area (Å²) in [7, 11) is 2.47. The Morgan fingerprint density at radius 3 is 2.57 bits per heavy atom. The summed E-state index contributed by atoms with van der Waals surface area (Å²) in [5.74, 6) is 1.68. The summed E-state index contributed by atoms with van der Waals surface area (Å²) < 4.78 is 6.86. The third kappa shape index (κ3) is 3.06. The fourth-order valence-corrected chi connectivity index (χ4v) is 1.79. The number of aromatic nitrogens is 2. The number of aryl methyl sites for hydroxylation is 1. The molecule has 0 radical (unpaired) electrons. The second-order valence-electron chi connectivity index (χ2n) is 4.61. The molecular formula is C9H19N3OSi. The number of anilines is 1. The average Bonchev–Trinajstić information content (AvgIpc) is 2.42. The molecule has 0 aliphatic rings. The molecule has 0 spiro atoms. The van der Waals surface area contributed by atoms with Gasteiger partial charge in [0.2, 0.25) is 5.88 Å². The zero-order valence-corrected chi connectivity index (χ0v) is 10.6. The van der Waals surface area contributed by atoms with Gasteiger partial charge in [-0.3, -0.25) is 0 Å². The van der Waals surface area contributed by atoms with Crippen molar-refractivity contribution in [1.29, 1.82) is 0 Å². The highest BCUT2D eigenvalue weighted by atomic mass is 28.3. The SMILES string of the molecule is COc1cc(NC[Si](C)(C)C)nn1C. The molecular weight excluding hydrogens is 194 g/mol. The fourth-order valence-electron chi connectivity index (χ4n) is 1.08. The van der Waals surface area contributed by atoms with Gasteiger partial charge in [0.05, 0.1) is 15.2 Å². The van der Waals surface area contributed by atoms with Crippen LogP contribution in [0.1, 0.15) is 0 Å². The molecule has 1 aromatic rings. The van der Waals surface area contributed by atoms with Crippen molar-refractivity contribution in [2.24, 2.45) is 7.05 Å². The summed E-state index contributed by atoms with van der Waals surface area (Å²) in [4.78, 5) is 0. The van der Waals surface area contributed by atoms with Crippen LogP contribution in [0.15, 0.2) is 6.07 Å². The first kappa shape index (κ1) is 11.1. The number of nitrogens with one attached hydrogen (secondary N) is 1. The number of methoxy groups -OCH3 is 1. The van der Waals surface area contributed by atoms with E-state index < -0.39 is 8.07 Å². The van der Waals surface area contributed by atoms with Crippen molar-refractivity contribution in [2.75, 3.05) is 18.6 Å². The number of hydrogen-bond donors (Lipinski definition) is 1. The topological polar surface area (TPSA) is 39.1 Å². The van der Waals surface area contributed by atoms with Crippen LogP contribution < -0.4 is 10.1 Å². The van der Waals surface area contributed by atoms with E-state index >= 15 is 0 Å². The Kier molecular flexibility index (Phi) is 3.20. The van der Waals surface area contributed by atoms with Gasteiger partial charge >= 0.3 is 0 Å². The summed E-state index contributed by atoms with van der Waals surface area (Å²) in [6, 6.07) is 1.92. The third-order valence-corrected chi connectivity index (χ3v) is 3.08. The van der Waals surface area contributed by atoms with Crippen LogP contribution in [0.4, 0.5) is 5.82 Å². The lowest BCUT2D eigenvalue weighted by molar-refractivity contribution is 0.373. The largest absolute Gasteiger partial charge is 0.481 e. The Labute approximate surface area is 86.3 Å². The molecule has 0 unspecified atom stereocenters. The normalized spacial score (nSPS) is 11.5. The fraction of sp³-hybridized carbons (Fsp3) is 0.667. The highest BCUT2D eigenvalue weighted by Crippen LogP contribution is 2.15. The minimum atomic E-state index is -1.06. The van der Waals surface area contributed by atoms with Crippen LogP contribution >= 0.6 is 0 Å². The van der Waals surface area contributed by atoms with E-state index in [9.17, 15) is 0 Å². The smallest absolute Gasteiger partial charge is 0.213 e. The molecule has 0 fully saturated rings. The van der Waals surface area contributed by atoms with Crippen molar-refractivity contribution >= 4 is 13.9 Å². The van der Waals surface area contributed by atoms with Crippen molar-refractivity contribution in [1.82, 2.24) is 9.78 Å². The third-order valence-electron chi connectivity index (χ3n) is 1.85. The Balaban J connectivity index is 2.60. The molecule has 1 N–H and O–H groups in total. The van der Waals surface area contributed by atoms with E-state index in [1.54, 1.807) is 11.8 Å². The first-order chi connectivity index (χ1) is 6.42. The number of rotatable bonds is 4. The molecule has 1 aromatic heterocycles. The van der Waals surface area contributed by atoms with Gasteiger partial charge in [-0.1, -0.05) is 19.6 Å². The summed E-state index contributed by atoms with van der Waals surface area (Å²) in [6.07, 6.45) is 1.03. The predicted molar refractivity (Wildman–Crippen MR) is 61.6 cm³/mol. The van der Waals surface area contributed by atoms with Crippen LogP contribution in [-0.2, 0) is 7.05 Å². The van der Waals surface area contributed by atoms with Crippen molar-refractivity contribution < 1.29 is 4.74 Å². The van der Waals surface area contributed by atoms with E-state index in [1.165, 1.54) is 0 Å². The highest BCUT2D eigenvalue weighted by Gasteiger charge is 2.13. The lowest BCUT2D eigenvalue weighted by Gasteiger charge is -2.15. The molecule has 0 bridgehead atoms. The summed E-state index contributed by atoms with van der Waals surface area (Å²) >= 11 is 0. The lowest BCUT2D eigenvalue weighted by Crippen LogP contribution is -2.31. The van der Waals surface area contributed by atoms with Crippen LogP contribution in [0, 0.1) is 0 Å². The quantitative estimate of drug-likeness (QED) is 0.774. The zero-order chi connectivity index (χ0) is 10.8. The monoisotopic (exact) mass is 213 g/mol. The van der Waals surface area contributed by atoms with E-state index in [1.807, 2.05) is 13.1 Å². The van der Waals surface area contributed by atoms with Crippen LogP contribution in [0.5, 0.6) is 5.88 Å². The molecule has 14 heavy (non-hydrogen) atoms. The maximum absolute atomic E-state index is 5.13. The molecule has 0 aliphatic heterocycles. The van der Waals surface area contributed by atoms with Crippen molar-refractivity contribution in [3.8, 4) is 5.88 Å². The number of ether oxygens (including phenoxy) is 1. The Hall–Kier alpha value is -0.973. The molecule has 0 aromatic carbocycles. The van der Waals surface area contributed by atoms with E-state index in [4.69, 9.17) is 4.74 Å². The second kappa shape index (κ2) is 4.04. The van der Waals surface area contributed by atoms with Gasteiger partial charge in [-0.25, -0.2) is 4.68 Å². The van der Waals surface area contributed by atoms with Gasteiger partial charge in [-0.15, -0.1) is 0 Å². The van der Waals surface area contributed by atoms with Gasteiger partial charge in [-0.05, 0) is 0 Å². The van der Waals surface area contributed by atoms with Crippen LogP contribution in [0.25, 0.3) is 0 Å². The number of hydrogen-bond acceptors (Lipinski definition) is 3. The van der Waals surface area contributed by atoms with Crippen LogP contribution in [-0.4, -0.2) is 31.1 Å². The molecule has 0 saturated carbocycles. The van der Waals surface area contributed by atoms with Gasteiger partial charge < -0.3 is 10.1 Å². The molecule has 0 amide bonds. The summed E-state index contributed by atoms with van der Waals surface area (Å²) in [5, 5.41) is 7.62. The van der Waals surface area contributed by atoms with Crippen LogP contribution in [0.2, 0.25) is 19.6 Å². The minimum Gasteiger partial charge on any atom is -0.481 e. The van der Waals surface area contributed by atoms with Crippen molar-refractivity contribution in [3.63, 3.8) is 0 Å². The lowest BCUT2D eigenvalue weighted by atomic mass is 10.6. The van der Waals surface area contributed by atoms with Gasteiger partial charge in [0.1, 0.15) is 0 Å². The van der Waals surface area contributed by atoms with Gasteiger partial charge in [-0.2, -0.15) is 5.10 Å². The van der Waals surface area contributed by atoms with Crippen LogP contribution in [0.3, 0.4) is 0 Å². The Bertz CT molecular complexity index is 303. The van der Waals surface area contributed by atoms with E-state index in [2.05, 4.69) is 30.1 Å². The molecule has 1 rings (SSSR count). The minimum absolute atomic E-state index is 0.781. The maximum atomic E-state index is 5.13. The number of nitrogens with zero attached hydrogens (tertiary/aromatic N) is 2. The predicted octanol–water partition coefficient (Wildman–Crippen LogP) is 1.72. The van der Waals surface area contributed by atoms with Crippen molar-refractivity contribution in [2.45, 2.75) is 19.6 Å². The molecule has 5 heteroatoms. The average molecular weight is 213 g/mol. The summed E-state index contributed by atoms with van der Waals surface area (Å²) in [6.45, 7) is 6.96. The Morgan fingerprint density at radius 2 is 2.14 bits per heavy atom. The first-order valence-corrected chi connectivity index (χ1v) is 8.45. The molecule has 0 saturated heterocycles. The van der Waals surface area contributed by atoms with E-state index in [0.717, 1.165) is 17.9 Å². The molecule has 1 heterocycles. The molecule has 4 nitrogen and oxygen atoms in total.